The number of nitrogens with one attached hydrogen (secondary N) is 2. The fourth-order valence-electron chi connectivity index (χ4n) is 2.02. The van der Waals surface area contributed by atoms with Crippen LogP contribution >= 0.6 is 11.6 Å². The van der Waals surface area contributed by atoms with Crippen LogP contribution in [0, 0.1) is 0 Å². The summed E-state index contributed by atoms with van der Waals surface area (Å²) in [6, 6.07) is 10.8. The molecule has 0 aliphatic rings. The molecule has 0 radical (unpaired) electrons. The van der Waals surface area contributed by atoms with Crippen molar-refractivity contribution in [2.75, 3.05) is 5.32 Å². The lowest BCUT2D eigenvalue weighted by atomic mass is 10.1. The number of imidazole rings is 1. The summed E-state index contributed by atoms with van der Waals surface area (Å²) in [7, 11) is 0. The zero-order valence-corrected chi connectivity index (χ0v) is 11.3. The first-order valence-electron chi connectivity index (χ1n) is 6.02. The number of halogens is 4. The van der Waals surface area contributed by atoms with Crippen molar-refractivity contribution >= 4 is 34.3 Å². The summed E-state index contributed by atoms with van der Waals surface area (Å²) in [6.07, 6.45) is -4.50. The molecule has 0 fully saturated rings. The second kappa shape index (κ2) is 4.96. The largest absolute Gasteiger partial charge is 0.418 e. The van der Waals surface area contributed by atoms with Crippen LogP contribution in [0.5, 0.6) is 0 Å². The van der Waals surface area contributed by atoms with Crippen LogP contribution in [-0.4, -0.2) is 9.97 Å². The molecule has 0 aliphatic carbocycles. The molecule has 1 aromatic heterocycles. The van der Waals surface area contributed by atoms with Crippen molar-refractivity contribution in [1.82, 2.24) is 9.97 Å². The standard InChI is InChI=1S/C14H9ClF3N3/c15-9-5-3-4-8(14(16,17)18)12(9)21-13-19-10-6-1-2-7-11(10)20-13/h1-7H,(H2,19,20,21). The molecule has 0 spiro atoms. The van der Waals surface area contributed by atoms with Crippen molar-refractivity contribution in [2.24, 2.45) is 0 Å². The van der Waals surface area contributed by atoms with Gasteiger partial charge in [-0.2, -0.15) is 13.2 Å². The van der Waals surface area contributed by atoms with Crippen LogP contribution in [0.2, 0.25) is 5.02 Å². The van der Waals surface area contributed by atoms with Crippen LogP contribution in [0.4, 0.5) is 24.8 Å². The second-order valence-corrected chi connectivity index (χ2v) is 4.79. The predicted octanol–water partition coefficient (Wildman–Crippen LogP) is 4.98. The maximum absolute atomic E-state index is 13.0. The third kappa shape index (κ3) is 2.67. The first kappa shape index (κ1) is 13.8. The van der Waals surface area contributed by atoms with Gasteiger partial charge in [-0.15, -0.1) is 0 Å². The van der Waals surface area contributed by atoms with Crippen molar-refractivity contribution in [3.05, 3.63) is 53.1 Å². The summed E-state index contributed by atoms with van der Waals surface area (Å²) < 4.78 is 39.0. The molecule has 0 atom stereocenters. The smallest absolute Gasteiger partial charge is 0.324 e. The number of fused-ring (bicyclic) bond motifs is 1. The summed E-state index contributed by atoms with van der Waals surface area (Å²) in [6.45, 7) is 0. The Hall–Kier alpha value is -2.21. The molecule has 0 saturated heterocycles. The number of H-pyrrole nitrogens is 1. The maximum Gasteiger partial charge on any atom is 0.418 e. The van der Waals surface area contributed by atoms with Gasteiger partial charge in [0.1, 0.15) is 0 Å². The highest BCUT2D eigenvalue weighted by molar-refractivity contribution is 6.33. The Morgan fingerprint density at radius 2 is 1.81 bits per heavy atom. The van der Waals surface area contributed by atoms with E-state index < -0.39 is 11.7 Å². The molecule has 3 aromatic rings. The number of alkyl halides is 3. The van der Waals surface area contributed by atoms with Crippen LogP contribution in [0.1, 0.15) is 5.56 Å². The van der Waals surface area contributed by atoms with Gasteiger partial charge in [-0.3, -0.25) is 0 Å². The third-order valence-corrected chi connectivity index (χ3v) is 3.27. The predicted molar refractivity (Wildman–Crippen MR) is 75.8 cm³/mol. The fraction of sp³-hybridized carbons (Fsp3) is 0.0714. The number of para-hydroxylation sites is 3. The van der Waals surface area contributed by atoms with E-state index in [0.717, 1.165) is 11.6 Å². The highest BCUT2D eigenvalue weighted by atomic mass is 35.5. The number of aromatic nitrogens is 2. The minimum absolute atomic E-state index is 0.0229. The molecule has 2 aromatic carbocycles. The van der Waals surface area contributed by atoms with E-state index >= 15 is 0 Å². The topological polar surface area (TPSA) is 40.7 Å². The zero-order chi connectivity index (χ0) is 15.0. The number of hydrogen-bond donors (Lipinski definition) is 2. The van der Waals surface area contributed by atoms with E-state index in [1.165, 1.54) is 12.1 Å². The number of hydrogen-bond acceptors (Lipinski definition) is 2. The van der Waals surface area contributed by atoms with E-state index in [4.69, 9.17) is 11.6 Å². The molecular formula is C14H9ClF3N3. The number of anilines is 2. The van der Waals surface area contributed by atoms with Crippen molar-refractivity contribution in [2.45, 2.75) is 6.18 Å². The van der Waals surface area contributed by atoms with Crippen molar-refractivity contribution in [1.29, 1.82) is 0 Å². The van der Waals surface area contributed by atoms with Crippen molar-refractivity contribution in [3.8, 4) is 0 Å². The minimum atomic E-state index is -4.50. The Labute approximate surface area is 122 Å². The van der Waals surface area contributed by atoms with Gasteiger partial charge < -0.3 is 10.3 Å². The maximum atomic E-state index is 13.0. The Bertz CT molecular complexity index is 763. The Kier molecular flexibility index (Phi) is 3.25. The molecule has 108 valence electrons. The van der Waals surface area contributed by atoms with Gasteiger partial charge in [-0.25, -0.2) is 4.98 Å². The minimum Gasteiger partial charge on any atom is -0.324 e. The Morgan fingerprint density at radius 3 is 2.52 bits per heavy atom. The quantitative estimate of drug-likeness (QED) is 0.701. The van der Waals surface area contributed by atoms with Gasteiger partial charge in [0.2, 0.25) is 5.95 Å². The van der Waals surface area contributed by atoms with Gasteiger partial charge in [0.15, 0.2) is 0 Å². The average molecular weight is 312 g/mol. The first-order chi connectivity index (χ1) is 9.95. The molecule has 3 rings (SSSR count). The highest BCUT2D eigenvalue weighted by Crippen LogP contribution is 2.39. The molecule has 0 amide bonds. The Morgan fingerprint density at radius 1 is 1.05 bits per heavy atom. The highest BCUT2D eigenvalue weighted by Gasteiger charge is 2.34. The molecule has 0 saturated carbocycles. The van der Waals surface area contributed by atoms with E-state index in [0.29, 0.717) is 5.52 Å². The van der Waals surface area contributed by atoms with E-state index in [1.807, 2.05) is 0 Å². The van der Waals surface area contributed by atoms with Crippen LogP contribution in [0.25, 0.3) is 11.0 Å². The first-order valence-corrected chi connectivity index (χ1v) is 6.40. The molecule has 0 unspecified atom stereocenters. The van der Waals surface area contributed by atoms with E-state index in [2.05, 4.69) is 15.3 Å². The van der Waals surface area contributed by atoms with Crippen LogP contribution < -0.4 is 5.32 Å². The van der Waals surface area contributed by atoms with Crippen molar-refractivity contribution in [3.63, 3.8) is 0 Å². The van der Waals surface area contributed by atoms with Gasteiger partial charge in [0.05, 0.1) is 27.3 Å². The number of rotatable bonds is 2. The van der Waals surface area contributed by atoms with Gasteiger partial charge >= 0.3 is 6.18 Å². The summed E-state index contributed by atoms with van der Waals surface area (Å²) >= 11 is 5.88. The lowest BCUT2D eigenvalue weighted by Crippen LogP contribution is -2.09. The van der Waals surface area contributed by atoms with Crippen LogP contribution in [0.15, 0.2) is 42.5 Å². The molecule has 21 heavy (non-hydrogen) atoms. The van der Waals surface area contributed by atoms with Crippen LogP contribution in [-0.2, 0) is 6.18 Å². The summed E-state index contributed by atoms with van der Waals surface area (Å²) in [5, 5.41) is 2.60. The molecule has 2 N–H and O–H groups in total. The van der Waals surface area contributed by atoms with Gasteiger partial charge in [-0.05, 0) is 24.3 Å². The lowest BCUT2D eigenvalue weighted by Gasteiger charge is -2.14. The normalized spacial score (nSPS) is 11.8. The summed E-state index contributed by atoms with van der Waals surface area (Å²) in [5.41, 5.74) is 0.322. The lowest BCUT2D eigenvalue weighted by molar-refractivity contribution is -0.136. The zero-order valence-electron chi connectivity index (χ0n) is 10.5. The molecular weight excluding hydrogens is 303 g/mol. The molecule has 0 aliphatic heterocycles. The molecule has 3 nitrogen and oxygen atoms in total. The average Bonchev–Trinajstić information content (AvgIpc) is 2.82. The summed E-state index contributed by atoms with van der Waals surface area (Å²) in [4.78, 5) is 7.08. The number of aromatic amines is 1. The van der Waals surface area contributed by atoms with Crippen LogP contribution in [0.3, 0.4) is 0 Å². The molecule has 1 heterocycles. The molecule has 7 heteroatoms. The number of nitrogens with zero attached hydrogens (tertiary/aromatic N) is 1. The second-order valence-electron chi connectivity index (χ2n) is 4.39. The van der Waals surface area contributed by atoms with Crippen molar-refractivity contribution < 1.29 is 13.2 Å². The van der Waals surface area contributed by atoms with E-state index in [1.54, 1.807) is 24.3 Å². The summed E-state index contributed by atoms with van der Waals surface area (Å²) in [5.74, 6) is 0.204. The third-order valence-electron chi connectivity index (χ3n) is 2.95. The Balaban J connectivity index is 2.05. The van der Waals surface area contributed by atoms with E-state index in [9.17, 15) is 13.2 Å². The van der Waals surface area contributed by atoms with Gasteiger partial charge in [-0.1, -0.05) is 29.8 Å². The fourth-order valence-corrected chi connectivity index (χ4v) is 2.24. The molecule has 0 bridgehead atoms. The SMILES string of the molecule is FC(F)(F)c1cccc(Cl)c1Nc1nc2ccccc2[nH]1. The monoisotopic (exact) mass is 311 g/mol. The van der Waals surface area contributed by atoms with Gasteiger partial charge in [0, 0.05) is 0 Å². The number of benzene rings is 2. The van der Waals surface area contributed by atoms with E-state index in [-0.39, 0.29) is 16.7 Å². The van der Waals surface area contributed by atoms with Gasteiger partial charge in [0.25, 0.3) is 0 Å².